The first-order valence-electron chi connectivity index (χ1n) is 7.66. The van der Waals surface area contributed by atoms with E-state index in [1.54, 1.807) is 19.3 Å². The van der Waals surface area contributed by atoms with Crippen LogP contribution in [0.25, 0.3) is 27.6 Å². The Morgan fingerprint density at radius 1 is 0.840 bits per heavy atom. The standard InChI is InChI=1S/C18H14N4O3/c1-20-15-13(16(23)21(2)18(20)25)10-12-14(19-15)8-9-22(17(12)24)11-6-4-3-5-7-11/h3-10H,1-2H3. The van der Waals surface area contributed by atoms with Crippen LogP contribution in [0, 0.1) is 0 Å². The molecule has 0 saturated heterocycles. The lowest BCUT2D eigenvalue weighted by atomic mass is 10.2. The van der Waals surface area contributed by atoms with Crippen LogP contribution >= 0.6 is 0 Å². The lowest BCUT2D eigenvalue weighted by Crippen LogP contribution is -2.37. The van der Waals surface area contributed by atoms with E-state index in [1.807, 2.05) is 30.3 Å². The third-order valence-electron chi connectivity index (χ3n) is 4.32. The Labute approximate surface area is 141 Å². The van der Waals surface area contributed by atoms with Crippen molar-refractivity contribution in [1.82, 2.24) is 18.7 Å². The van der Waals surface area contributed by atoms with Gasteiger partial charge in [-0.1, -0.05) is 18.2 Å². The maximum Gasteiger partial charge on any atom is 0.332 e. The highest BCUT2D eigenvalue weighted by atomic mass is 16.2. The number of aromatic nitrogens is 4. The summed E-state index contributed by atoms with van der Waals surface area (Å²) in [7, 11) is 2.95. The van der Waals surface area contributed by atoms with E-state index in [0.29, 0.717) is 10.9 Å². The fourth-order valence-electron chi connectivity index (χ4n) is 2.95. The Bertz CT molecular complexity index is 1310. The van der Waals surface area contributed by atoms with Gasteiger partial charge in [-0.25, -0.2) is 9.78 Å². The first kappa shape index (κ1) is 15.1. The van der Waals surface area contributed by atoms with Crippen molar-refractivity contribution < 1.29 is 0 Å². The molecule has 3 heterocycles. The molecule has 4 aromatic rings. The van der Waals surface area contributed by atoms with Crippen molar-refractivity contribution in [2.24, 2.45) is 14.1 Å². The SMILES string of the molecule is Cn1c(=O)c2cc3c(=O)n(-c4ccccc4)ccc3nc2n(C)c1=O. The molecule has 0 amide bonds. The zero-order valence-corrected chi connectivity index (χ0v) is 13.6. The highest BCUT2D eigenvalue weighted by Gasteiger charge is 2.13. The quantitative estimate of drug-likeness (QED) is 0.485. The van der Waals surface area contributed by atoms with Crippen molar-refractivity contribution in [2.45, 2.75) is 0 Å². The highest BCUT2D eigenvalue weighted by Crippen LogP contribution is 2.14. The van der Waals surface area contributed by atoms with Gasteiger partial charge in [0.1, 0.15) is 5.65 Å². The fraction of sp³-hybridized carbons (Fsp3) is 0.111. The van der Waals surface area contributed by atoms with E-state index in [4.69, 9.17) is 0 Å². The Kier molecular flexibility index (Phi) is 3.18. The third kappa shape index (κ3) is 2.13. The lowest BCUT2D eigenvalue weighted by Gasteiger charge is -2.10. The van der Waals surface area contributed by atoms with Gasteiger partial charge in [-0.3, -0.25) is 23.3 Å². The van der Waals surface area contributed by atoms with Gasteiger partial charge in [0.15, 0.2) is 0 Å². The van der Waals surface area contributed by atoms with E-state index >= 15 is 0 Å². The molecule has 0 aliphatic rings. The molecule has 4 rings (SSSR count). The second-order valence-electron chi connectivity index (χ2n) is 5.82. The van der Waals surface area contributed by atoms with E-state index in [0.717, 1.165) is 10.3 Å². The lowest BCUT2D eigenvalue weighted by molar-refractivity contribution is 0.708. The van der Waals surface area contributed by atoms with Crippen molar-refractivity contribution in [2.75, 3.05) is 0 Å². The maximum atomic E-state index is 12.9. The van der Waals surface area contributed by atoms with Crippen LogP contribution in [0.3, 0.4) is 0 Å². The van der Waals surface area contributed by atoms with Gasteiger partial charge < -0.3 is 0 Å². The van der Waals surface area contributed by atoms with Crippen molar-refractivity contribution in [3.05, 3.63) is 79.9 Å². The summed E-state index contributed by atoms with van der Waals surface area (Å²) >= 11 is 0. The zero-order chi connectivity index (χ0) is 17.7. The first-order chi connectivity index (χ1) is 12.0. The summed E-state index contributed by atoms with van der Waals surface area (Å²) in [4.78, 5) is 41.7. The molecule has 0 spiro atoms. The van der Waals surface area contributed by atoms with Crippen LogP contribution in [0.5, 0.6) is 0 Å². The maximum absolute atomic E-state index is 12.9. The second-order valence-corrected chi connectivity index (χ2v) is 5.82. The summed E-state index contributed by atoms with van der Waals surface area (Å²) in [6, 6.07) is 12.4. The topological polar surface area (TPSA) is 78.9 Å². The van der Waals surface area contributed by atoms with Gasteiger partial charge in [0, 0.05) is 26.0 Å². The molecule has 124 valence electrons. The summed E-state index contributed by atoms with van der Waals surface area (Å²) < 4.78 is 3.82. The minimum atomic E-state index is -0.470. The Morgan fingerprint density at radius 2 is 1.56 bits per heavy atom. The molecule has 0 aliphatic heterocycles. The molecule has 7 nitrogen and oxygen atoms in total. The molecule has 0 atom stereocenters. The number of benzene rings is 1. The van der Waals surface area contributed by atoms with E-state index < -0.39 is 11.2 Å². The molecule has 3 aromatic heterocycles. The molecule has 0 bridgehead atoms. The van der Waals surface area contributed by atoms with E-state index in [9.17, 15) is 14.4 Å². The van der Waals surface area contributed by atoms with Crippen LogP contribution in [-0.2, 0) is 14.1 Å². The average molecular weight is 334 g/mol. The predicted octanol–water partition coefficient (Wildman–Crippen LogP) is 0.936. The van der Waals surface area contributed by atoms with E-state index in [1.165, 1.54) is 22.2 Å². The Balaban J connectivity index is 2.16. The average Bonchev–Trinajstić information content (AvgIpc) is 2.65. The predicted molar refractivity (Wildman–Crippen MR) is 95.3 cm³/mol. The number of pyridine rings is 2. The van der Waals surface area contributed by atoms with Gasteiger partial charge in [0.25, 0.3) is 11.1 Å². The number of aryl methyl sites for hydroxylation is 1. The summed E-state index contributed by atoms with van der Waals surface area (Å²) in [6.45, 7) is 0. The molecule has 1 aromatic carbocycles. The van der Waals surface area contributed by atoms with Gasteiger partial charge in [0.05, 0.1) is 16.3 Å². The van der Waals surface area contributed by atoms with Gasteiger partial charge in [-0.15, -0.1) is 0 Å². The summed E-state index contributed by atoms with van der Waals surface area (Å²) in [5.74, 6) is 0. The normalized spacial score (nSPS) is 11.3. The molecule has 25 heavy (non-hydrogen) atoms. The summed E-state index contributed by atoms with van der Waals surface area (Å²) in [6.07, 6.45) is 1.64. The molecule has 0 saturated carbocycles. The Hall–Kier alpha value is -3.48. The number of hydrogen-bond acceptors (Lipinski definition) is 4. The minimum Gasteiger partial charge on any atom is -0.284 e. The highest BCUT2D eigenvalue weighted by molar-refractivity contribution is 5.90. The molecule has 0 radical (unpaired) electrons. The van der Waals surface area contributed by atoms with E-state index in [2.05, 4.69) is 4.98 Å². The van der Waals surface area contributed by atoms with Crippen molar-refractivity contribution in [1.29, 1.82) is 0 Å². The van der Waals surface area contributed by atoms with Crippen LogP contribution in [0.15, 0.2) is 63.0 Å². The fourth-order valence-corrected chi connectivity index (χ4v) is 2.95. The second kappa shape index (κ2) is 5.27. The van der Waals surface area contributed by atoms with Gasteiger partial charge in [0.2, 0.25) is 0 Å². The number of para-hydroxylation sites is 1. The largest absolute Gasteiger partial charge is 0.332 e. The molecule has 0 fully saturated rings. The molecule has 0 aliphatic carbocycles. The number of fused-ring (bicyclic) bond motifs is 2. The van der Waals surface area contributed by atoms with E-state index in [-0.39, 0.29) is 16.6 Å². The molecule has 0 N–H and O–H groups in total. The molecule has 7 heteroatoms. The number of rotatable bonds is 1. The van der Waals surface area contributed by atoms with Gasteiger partial charge in [-0.2, -0.15) is 0 Å². The summed E-state index contributed by atoms with van der Waals surface area (Å²) in [5.41, 5.74) is 0.228. The van der Waals surface area contributed by atoms with Crippen molar-refractivity contribution >= 4 is 21.9 Å². The monoisotopic (exact) mass is 334 g/mol. The van der Waals surface area contributed by atoms with Crippen LogP contribution in [-0.4, -0.2) is 18.7 Å². The van der Waals surface area contributed by atoms with Gasteiger partial charge in [-0.05, 0) is 24.3 Å². The zero-order valence-electron chi connectivity index (χ0n) is 13.6. The van der Waals surface area contributed by atoms with Gasteiger partial charge >= 0.3 is 5.69 Å². The number of hydrogen-bond donors (Lipinski definition) is 0. The molecular weight excluding hydrogens is 320 g/mol. The van der Waals surface area contributed by atoms with Crippen LogP contribution in [0.2, 0.25) is 0 Å². The third-order valence-corrected chi connectivity index (χ3v) is 4.32. The molecular formula is C18H14N4O3. The van der Waals surface area contributed by atoms with Crippen LogP contribution < -0.4 is 16.8 Å². The number of nitrogens with zero attached hydrogens (tertiary/aromatic N) is 4. The molecule has 0 unspecified atom stereocenters. The Morgan fingerprint density at radius 3 is 2.28 bits per heavy atom. The van der Waals surface area contributed by atoms with Crippen molar-refractivity contribution in [3.63, 3.8) is 0 Å². The van der Waals surface area contributed by atoms with Crippen molar-refractivity contribution in [3.8, 4) is 5.69 Å². The van der Waals surface area contributed by atoms with Crippen LogP contribution in [0.1, 0.15) is 0 Å². The van der Waals surface area contributed by atoms with Crippen LogP contribution in [0.4, 0.5) is 0 Å². The smallest absolute Gasteiger partial charge is 0.284 e. The minimum absolute atomic E-state index is 0.236. The summed E-state index contributed by atoms with van der Waals surface area (Å²) in [5, 5.41) is 0.564. The first-order valence-corrected chi connectivity index (χ1v) is 7.66.